The quantitative estimate of drug-likeness (QED) is 0.215. The van der Waals surface area contributed by atoms with Gasteiger partial charge in [-0.1, -0.05) is 0 Å². The van der Waals surface area contributed by atoms with Crippen LogP contribution >= 0.6 is 0 Å². The molecule has 0 radical (unpaired) electrons. The predicted molar refractivity (Wildman–Crippen MR) is 74.0 cm³/mol. The van der Waals surface area contributed by atoms with Crippen LogP contribution in [0, 0.1) is 0 Å². The van der Waals surface area contributed by atoms with Gasteiger partial charge in [0, 0.05) is 6.42 Å². The highest BCUT2D eigenvalue weighted by Gasteiger charge is 2.41. The number of rotatable bonds is 8. The highest BCUT2D eigenvalue weighted by molar-refractivity contribution is 4.87. The highest BCUT2D eigenvalue weighted by atomic mass is 16.7. The lowest BCUT2D eigenvalue weighted by Gasteiger charge is -2.39. The van der Waals surface area contributed by atoms with Gasteiger partial charge in [-0.3, -0.25) is 0 Å². The smallest absolute Gasteiger partial charge is 0.161 e. The van der Waals surface area contributed by atoms with Gasteiger partial charge < -0.3 is 50.3 Å². The van der Waals surface area contributed by atoms with Crippen LogP contribution < -0.4 is 0 Å². The third kappa shape index (κ3) is 5.29. The van der Waals surface area contributed by atoms with Crippen molar-refractivity contribution < 1.29 is 50.3 Å². The van der Waals surface area contributed by atoms with E-state index < -0.39 is 68.3 Å². The van der Waals surface area contributed by atoms with Crippen LogP contribution in [0.2, 0.25) is 0 Å². The molecule has 1 fully saturated rings. The third-order valence-electron chi connectivity index (χ3n) is 3.77. The molecule has 8 N–H and O–H groups in total. The van der Waals surface area contributed by atoms with Gasteiger partial charge in [-0.15, -0.1) is 0 Å². The molecule has 0 aromatic rings. The van der Waals surface area contributed by atoms with Crippen LogP contribution in [0.25, 0.3) is 0 Å². The first-order valence-corrected chi connectivity index (χ1v) is 7.33. The van der Waals surface area contributed by atoms with Crippen LogP contribution in [0.1, 0.15) is 13.3 Å². The van der Waals surface area contributed by atoms with E-state index in [4.69, 9.17) is 19.7 Å². The van der Waals surface area contributed by atoms with Crippen LogP contribution in [-0.4, -0.2) is 109 Å². The second-order valence-corrected chi connectivity index (χ2v) is 5.65. The normalized spacial score (nSPS) is 35.3. The molecule has 0 spiro atoms. The van der Waals surface area contributed by atoms with Crippen molar-refractivity contribution in [1.82, 2.24) is 0 Å². The molecule has 138 valence electrons. The van der Waals surface area contributed by atoms with Gasteiger partial charge >= 0.3 is 0 Å². The molecule has 0 saturated carbocycles. The van der Waals surface area contributed by atoms with E-state index in [0.29, 0.717) is 0 Å². The first kappa shape index (κ1) is 20.6. The van der Waals surface area contributed by atoms with E-state index in [9.17, 15) is 30.6 Å². The van der Waals surface area contributed by atoms with E-state index in [1.165, 1.54) is 6.92 Å². The topological polar surface area (TPSA) is 180 Å². The Balaban J connectivity index is 2.81. The second kappa shape index (κ2) is 9.18. The minimum Gasteiger partial charge on any atom is -0.394 e. The number of aliphatic hydroxyl groups is 8. The Morgan fingerprint density at radius 3 is 2.17 bits per heavy atom. The summed E-state index contributed by atoms with van der Waals surface area (Å²) >= 11 is 0. The summed E-state index contributed by atoms with van der Waals surface area (Å²) in [6.07, 6.45) is -13.0. The summed E-state index contributed by atoms with van der Waals surface area (Å²) in [5.41, 5.74) is 0. The maximum atomic E-state index is 10.00. The minimum atomic E-state index is -1.75. The van der Waals surface area contributed by atoms with Gasteiger partial charge in [0.05, 0.1) is 25.4 Å². The Morgan fingerprint density at radius 1 is 1.09 bits per heavy atom. The van der Waals surface area contributed by atoms with Crippen LogP contribution in [0.4, 0.5) is 0 Å². The fourth-order valence-electron chi connectivity index (χ4n) is 2.31. The molecule has 1 aliphatic heterocycles. The Hall–Kier alpha value is -0.400. The first-order valence-electron chi connectivity index (χ1n) is 7.33. The second-order valence-electron chi connectivity index (χ2n) is 5.65. The average Bonchev–Trinajstić information content (AvgIpc) is 2.53. The SMILES string of the molecule is C[C@@H](O)C(O)C(O)C(O[C@H]1CC(O)C(O)C(CO)O1)[C@H](O)CO. The highest BCUT2D eigenvalue weighted by Crippen LogP contribution is 2.24. The summed E-state index contributed by atoms with van der Waals surface area (Å²) in [6, 6.07) is 0. The number of ether oxygens (including phenoxy) is 2. The van der Waals surface area contributed by atoms with Crippen LogP contribution in [-0.2, 0) is 9.47 Å². The van der Waals surface area contributed by atoms with Gasteiger partial charge in [0.2, 0.25) is 0 Å². The molecular formula is C13H26O10. The van der Waals surface area contributed by atoms with Crippen molar-refractivity contribution in [2.24, 2.45) is 0 Å². The molecule has 0 aliphatic carbocycles. The zero-order valence-corrected chi connectivity index (χ0v) is 12.7. The molecule has 10 nitrogen and oxygen atoms in total. The van der Waals surface area contributed by atoms with Gasteiger partial charge in [0.25, 0.3) is 0 Å². The predicted octanol–water partition coefficient (Wildman–Crippen LogP) is -4.34. The number of hydrogen-bond acceptors (Lipinski definition) is 10. The molecule has 10 heteroatoms. The molecule has 0 aromatic heterocycles. The Kier molecular flexibility index (Phi) is 8.24. The number of hydrogen-bond donors (Lipinski definition) is 8. The van der Waals surface area contributed by atoms with Crippen LogP contribution in [0.5, 0.6) is 0 Å². The fourth-order valence-corrected chi connectivity index (χ4v) is 2.31. The van der Waals surface area contributed by atoms with E-state index in [-0.39, 0.29) is 6.42 Å². The summed E-state index contributed by atoms with van der Waals surface area (Å²) < 4.78 is 10.5. The molecule has 0 aromatic carbocycles. The summed E-state index contributed by atoms with van der Waals surface area (Å²) in [6.45, 7) is -0.172. The van der Waals surface area contributed by atoms with Crippen molar-refractivity contribution in [1.29, 1.82) is 0 Å². The van der Waals surface area contributed by atoms with Gasteiger partial charge in [-0.05, 0) is 6.92 Å². The first-order chi connectivity index (χ1) is 10.7. The summed E-state index contributed by atoms with van der Waals surface area (Å²) in [7, 11) is 0. The monoisotopic (exact) mass is 342 g/mol. The van der Waals surface area contributed by atoms with Crippen molar-refractivity contribution in [3.05, 3.63) is 0 Å². The lowest BCUT2D eigenvalue weighted by Crippen LogP contribution is -2.55. The van der Waals surface area contributed by atoms with E-state index in [2.05, 4.69) is 0 Å². The summed E-state index contributed by atoms with van der Waals surface area (Å²) in [5.74, 6) is 0. The summed E-state index contributed by atoms with van der Waals surface area (Å²) in [5, 5.41) is 76.2. The van der Waals surface area contributed by atoms with Crippen molar-refractivity contribution in [2.75, 3.05) is 13.2 Å². The van der Waals surface area contributed by atoms with Gasteiger partial charge in [0.15, 0.2) is 6.29 Å². The maximum absolute atomic E-state index is 10.00. The van der Waals surface area contributed by atoms with Crippen LogP contribution in [0.15, 0.2) is 0 Å². The fraction of sp³-hybridized carbons (Fsp3) is 1.00. The third-order valence-corrected chi connectivity index (χ3v) is 3.77. The molecule has 1 saturated heterocycles. The molecule has 6 unspecified atom stereocenters. The molecular weight excluding hydrogens is 316 g/mol. The molecule has 0 bridgehead atoms. The van der Waals surface area contributed by atoms with Crippen molar-refractivity contribution in [3.63, 3.8) is 0 Å². The van der Waals surface area contributed by atoms with E-state index in [1.807, 2.05) is 0 Å². The van der Waals surface area contributed by atoms with Crippen LogP contribution in [0.3, 0.4) is 0 Å². The van der Waals surface area contributed by atoms with E-state index >= 15 is 0 Å². The molecule has 1 rings (SSSR count). The number of aliphatic hydroxyl groups excluding tert-OH is 8. The van der Waals surface area contributed by atoms with Gasteiger partial charge in [-0.25, -0.2) is 0 Å². The molecule has 1 aliphatic rings. The average molecular weight is 342 g/mol. The molecule has 1 heterocycles. The van der Waals surface area contributed by atoms with E-state index in [1.54, 1.807) is 0 Å². The zero-order valence-electron chi connectivity index (χ0n) is 12.7. The Morgan fingerprint density at radius 2 is 1.70 bits per heavy atom. The molecule has 23 heavy (non-hydrogen) atoms. The Bertz CT molecular complexity index is 341. The van der Waals surface area contributed by atoms with Gasteiger partial charge in [0.1, 0.15) is 36.6 Å². The Labute approximate surface area is 133 Å². The van der Waals surface area contributed by atoms with Crippen molar-refractivity contribution >= 4 is 0 Å². The van der Waals surface area contributed by atoms with Crippen molar-refractivity contribution in [2.45, 2.75) is 68.5 Å². The zero-order chi connectivity index (χ0) is 17.7. The lowest BCUT2D eigenvalue weighted by atomic mass is 9.99. The lowest BCUT2D eigenvalue weighted by molar-refractivity contribution is -0.293. The maximum Gasteiger partial charge on any atom is 0.161 e. The standard InChI is InChI=1S/C13H26O10/c1-5(16)10(19)12(21)13(7(18)3-14)23-9-2-6(17)11(20)8(4-15)22-9/h5-21H,2-4H2,1H3/t5-,6?,7-,8?,9+,10?,11?,12?,13?/m1/s1. The van der Waals surface area contributed by atoms with Crippen molar-refractivity contribution in [3.8, 4) is 0 Å². The van der Waals surface area contributed by atoms with Gasteiger partial charge in [-0.2, -0.15) is 0 Å². The molecule has 9 atom stereocenters. The largest absolute Gasteiger partial charge is 0.394 e. The summed E-state index contributed by atoms with van der Waals surface area (Å²) in [4.78, 5) is 0. The van der Waals surface area contributed by atoms with E-state index in [0.717, 1.165) is 0 Å². The molecule has 0 amide bonds. The minimum absolute atomic E-state index is 0.218.